The van der Waals surface area contributed by atoms with Gasteiger partial charge in [0.2, 0.25) is 5.91 Å². The molecule has 4 nitrogen and oxygen atoms in total. The molecule has 0 spiro atoms. The minimum atomic E-state index is -1.03. The molecule has 0 saturated carbocycles. The Morgan fingerprint density at radius 3 is 2.72 bits per heavy atom. The molecule has 0 bridgehead atoms. The fraction of sp³-hybridized carbons (Fsp3) is 0.333. The van der Waals surface area contributed by atoms with E-state index in [1.165, 1.54) is 18.7 Å². The number of carbonyl (C=O) groups is 2. The first-order valence-electron chi connectivity index (χ1n) is 5.31. The molecule has 0 saturated heterocycles. The molecular weight excluding hydrogens is 318 g/mol. The maximum Gasteiger partial charge on any atom is 0.325 e. The van der Waals surface area contributed by atoms with Crippen LogP contribution in [0, 0.1) is 6.92 Å². The zero-order valence-corrected chi connectivity index (χ0v) is 12.5. The second-order valence-electron chi connectivity index (χ2n) is 3.83. The van der Waals surface area contributed by atoms with Crippen molar-refractivity contribution in [3.8, 4) is 0 Å². The number of aliphatic carboxylic acids is 1. The summed E-state index contributed by atoms with van der Waals surface area (Å²) >= 11 is 4.76. The molecule has 1 atom stereocenters. The summed E-state index contributed by atoms with van der Waals surface area (Å²) in [6.45, 7) is 3.40. The van der Waals surface area contributed by atoms with Gasteiger partial charge in [-0.3, -0.25) is 9.59 Å². The number of carboxylic acid groups (broad SMARTS) is 1. The first-order chi connectivity index (χ1) is 8.40. The summed E-state index contributed by atoms with van der Waals surface area (Å²) in [5, 5.41) is 11.1. The summed E-state index contributed by atoms with van der Waals surface area (Å²) in [4.78, 5) is 23.1. The van der Waals surface area contributed by atoms with Crippen LogP contribution in [0.2, 0.25) is 0 Å². The van der Waals surface area contributed by atoms with Gasteiger partial charge in [-0.1, -0.05) is 15.9 Å². The predicted molar refractivity (Wildman–Crippen MR) is 74.8 cm³/mol. The average molecular weight is 332 g/mol. The number of amides is 1. The van der Waals surface area contributed by atoms with Crippen molar-refractivity contribution in [2.24, 2.45) is 0 Å². The van der Waals surface area contributed by atoms with Crippen LogP contribution in [0.1, 0.15) is 12.5 Å². The molecule has 0 radical (unpaired) electrons. The van der Waals surface area contributed by atoms with Crippen molar-refractivity contribution in [3.05, 3.63) is 28.2 Å². The first-order valence-corrected chi connectivity index (χ1v) is 7.09. The Morgan fingerprint density at radius 2 is 2.17 bits per heavy atom. The van der Waals surface area contributed by atoms with Crippen LogP contribution in [0.3, 0.4) is 0 Å². The second kappa shape index (κ2) is 6.80. The lowest BCUT2D eigenvalue weighted by molar-refractivity contribution is -0.140. The van der Waals surface area contributed by atoms with E-state index in [0.717, 1.165) is 14.9 Å². The molecule has 1 aromatic carbocycles. The van der Waals surface area contributed by atoms with Gasteiger partial charge < -0.3 is 10.4 Å². The zero-order valence-electron chi connectivity index (χ0n) is 10.1. The molecular formula is C12H14BrNO3S. The maximum absolute atomic E-state index is 11.5. The SMILES string of the molecule is Cc1cc(Br)ccc1SCC(=O)N[C@H](C)C(=O)O. The highest BCUT2D eigenvalue weighted by Gasteiger charge is 2.14. The van der Waals surface area contributed by atoms with E-state index >= 15 is 0 Å². The van der Waals surface area contributed by atoms with Gasteiger partial charge in [0.05, 0.1) is 5.75 Å². The third kappa shape index (κ3) is 4.70. The van der Waals surface area contributed by atoms with Crippen molar-refractivity contribution in [3.63, 3.8) is 0 Å². The van der Waals surface area contributed by atoms with Gasteiger partial charge in [-0.25, -0.2) is 0 Å². The van der Waals surface area contributed by atoms with Gasteiger partial charge in [-0.15, -0.1) is 11.8 Å². The van der Waals surface area contributed by atoms with Crippen molar-refractivity contribution >= 4 is 39.6 Å². The van der Waals surface area contributed by atoms with Crippen LogP contribution >= 0.6 is 27.7 Å². The summed E-state index contributed by atoms with van der Waals surface area (Å²) in [7, 11) is 0. The molecule has 1 amide bonds. The lowest BCUT2D eigenvalue weighted by atomic mass is 10.2. The average Bonchev–Trinajstić information content (AvgIpc) is 2.27. The summed E-state index contributed by atoms with van der Waals surface area (Å²) in [5.41, 5.74) is 1.08. The summed E-state index contributed by atoms with van der Waals surface area (Å²) in [5.74, 6) is -1.11. The van der Waals surface area contributed by atoms with E-state index in [1.807, 2.05) is 25.1 Å². The second-order valence-corrected chi connectivity index (χ2v) is 5.76. The number of benzene rings is 1. The van der Waals surface area contributed by atoms with Gasteiger partial charge in [0.1, 0.15) is 6.04 Å². The van der Waals surface area contributed by atoms with Crippen LogP contribution in [0.15, 0.2) is 27.6 Å². The quantitative estimate of drug-likeness (QED) is 0.813. The lowest BCUT2D eigenvalue weighted by Gasteiger charge is -2.10. The molecule has 98 valence electrons. The number of rotatable bonds is 5. The number of hydrogen-bond donors (Lipinski definition) is 2. The van der Waals surface area contributed by atoms with Gasteiger partial charge >= 0.3 is 5.97 Å². The fourth-order valence-corrected chi connectivity index (χ4v) is 2.56. The van der Waals surface area contributed by atoms with Gasteiger partial charge in [-0.05, 0) is 37.6 Å². The number of carboxylic acids is 1. The van der Waals surface area contributed by atoms with Crippen molar-refractivity contribution in [2.75, 3.05) is 5.75 Å². The molecule has 0 unspecified atom stereocenters. The van der Waals surface area contributed by atoms with Gasteiger partial charge in [0.25, 0.3) is 0 Å². The zero-order chi connectivity index (χ0) is 13.7. The predicted octanol–water partition coefficient (Wildman–Crippen LogP) is 2.44. The molecule has 1 aromatic rings. The lowest BCUT2D eigenvalue weighted by Crippen LogP contribution is -2.39. The number of carbonyl (C=O) groups excluding carboxylic acids is 1. The highest BCUT2D eigenvalue weighted by atomic mass is 79.9. The Hall–Kier alpha value is -1.01. The highest BCUT2D eigenvalue weighted by molar-refractivity contribution is 9.10. The normalized spacial score (nSPS) is 11.9. The molecule has 0 aliphatic heterocycles. The number of nitrogens with one attached hydrogen (secondary N) is 1. The van der Waals surface area contributed by atoms with Crippen molar-refractivity contribution in [2.45, 2.75) is 24.8 Å². The minimum absolute atomic E-state index is 0.208. The Balaban J connectivity index is 2.50. The third-order valence-electron chi connectivity index (χ3n) is 2.24. The minimum Gasteiger partial charge on any atom is -0.480 e. The number of halogens is 1. The van der Waals surface area contributed by atoms with E-state index in [0.29, 0.717) is 0 Å². The van der Waals surface area contributed by atoms with Crippen molar-refractivity contribution in [1.82, 2.24) is 5.32 Å². The van der Waals surface area contributed by atoms with E-state index in [4.69, 9.17) is 5.11 Å². The largest absolute Gasteiger partial charge is 0.480 e. The Labute approximate surface area is 118 Å². The fourth-order valence-electron chi connectivity index (χ4n) is 1.26. The summed E-state index contributed by atoms with van der Waals surface area (Å²) in [6, 6.07) is 4.95. The van der Waals surface area contributed by atoms with E-state index in [9.17, 15) is 9.59 Å². The Bertz CT molecular complexity index is 465. The molecule has 0 aromatic heterocycles. The standard InChI is InChI=1S/C12H14BrNO3S/c1-7-5-9(13)3-4-10(7)18-6-11(15)14-8(2)12(16)17/h3-5,8H,6H2,1-2H3,(H,14,15)(H,16,17)/t8-/m1/s1. The summed E-state index contributed by atoms with van der Waals surface area (Å²) in [6.07, 6.45) is 0. The Morgan fingerprint density at radius 1 is 1.50 bits per heavy atom. The molecule has 0 fully saturated rings. The van der Waals surface area contributed by atoms with Crippen LogP contribution < -0.4 is 5.32 Å². The van der Waals surface area contributed by atoms with Gasteiger partial charge in [0.15, 0.2) is 0 Å². The van der Waals surface area contributed by atoms with Gasteiger partial charge in [0, 0.05) is 9.37 Å². The van der Waals surface area contributed by atoms with E-state index in [1.54, 1.807) is 0 Å². The molecule has 6 heteroatoms. The van der Waals surface area contributed by atoms with Crippen LogP contribution in [0.4, 0.5) is 0 Å². The molecule has 18 heavy (non-hydrogen) atoms. The van der Waals surface area contributed by atoms with E-state index in [-0.39, 0.29) is 11.7 Å². The van der Waals surface area contributed by atoms with Crippen LogP contribution in [0.5, 0.6) is 0 Å². The molecule has 2 N–H and O–H groups in total. The van der Waals surface area contributed by atoms with Crippen molar-refractivity contribution < 1.29 is 14.7 Å². The Kier molecular flexibility index (Phi) is 5.68. The van der Waals surface area contributed by atoms with Crippen LogP contribution in [-0.4, -0.2) is 28.8 Å². The first kappa shape index (κ1) is 15.0. The topological polar surface area (TPSA) is 66.4 Å². The number of thioether (sulfide) groups is 1. The van der Waals surface area contributed by atoms with Gasteiger partial charge in [-0.2, -0.15) is 0 Å². The maximum atomic E-state index is 11.5. The third-order valence-corrected chi connectivity index (χ3v) is 3.91. The van der Waals surface area contributed by atoms with E-state index in [2.05, 4.69) is 21.2 Å². The van der Waals surface area contributed by atoms with Crippen molar-refractivity contribution in [1.29, 1.82) is 0 Å². The monoisotopic (exact) mass is 331 g/mol. The van der Waals surface area contributed by atoms with Crippen LogP contribution in [0.25, 0.3) is 0 Å². The van der Waals surface area contributed by atoms with Crippen LogP contribution in [-0.2, 0) is 9.59 Å². The number of aryl methyl sites for hydroxylation is 1. The van der Waals surface area contributed by atoms with E-state index < -0.39 is 12.0 Å². The highest BCUT2D eigenvalue weighted by Crippen LogP contribution is 2.25. The molecule has 0 aliphatic rings. The smallest absolute Gasteiger partial charge is 0.325 e. The molecule has 1 rings (SSSR count). The molecule has 0 heterocycles. The molecule has 0 aliphatic carbocycles. The summed E-state index contributed by atoms with van der Waals surface area (Å²) < 4.78 is 0.994. The number of hydrogen-bond acceptors (Lipinski definition) is 3.